The van der Waals surface area contributed by atoms with Crippen LogP contribution in [-0.2, 0) is 9.53 Å². The quantitative estimate of drug-likeness (QED) is 0.558. The maximum absolute atomic E-state index is 11.7. The lowest BCUT2D eigenvalue weighted by Crippen LogP contribution is -2.04. The van der Waals surface area contributed by atoms with Crippen molar-refractivity contribution in [2.75, 3.05) is 13.7 Å². The van der Waals surface area contributed by atoms with Gasteiger partial charge >= 0.3 is 11.9 Å². The molecule has 0 fully saturated rings. The van der Waals surface area contributed by atoms with Crippen LogP contribution in [0.4, 0.5) is 0 Å². The number of benzene rings is 2. The van der Waals surface area contributed by atoms with Gasteiger partial charge in [-0.05, 0) is 43.3 Å². The molecule has 1 N–H and O–H groups in total. The van der Waals surface area contributed by atoms with Gasteiger partial charge in [0.1, 0.15) is 5.82 Å². The van der Waals surface area contributed by atoms with Gasteiger partial charge in [-0.1, -0.05) is 0 Å². The summed E-state index contributed by atoms with van der Waals surface area (Å²) >= 11 is 0. The second kappa shape index (κ2) is 7.26. The number of methoxy groups -OCH3 is 1. The van der Waals surface area contributed by atoms with E-state index in [1.54, 1.807) is 36.4 Å². The molecule has 0 atom stereocenters. The minimum atomic E-state index is -0.419. The number of esters is 2. The number of hydrogen-bond acceptors (Lipinski definition) is 6. The van der Waals surface area contributed by atoms with Crippen molar-refractivity contribution in [1.29, 1.82) is 0 Å². The van der Waals surface area contributed by atoms with E-state index in [1.807, 2.05) is 6.92 Å². The van der Waals surface area contributed by atoms with Crippen molar-refractivity contribution in [1.82, 2.24) is 9.97 Å². The molecule has 0 aliphatic carbocycles. The molecule has 3 rings (SSSR count). The van der Waals surface area contributed by atoms with Crippen molar-refractivity contribution < 1.29 is 23.8 Å². The predicted molar refractivity (Wildman–Crippen MR) is 95.3 cm³/mol. The second-order valence-corrected chi connectivity index (χ2v) is 5.50. The van der Waals surface area contributed by atoms with Gasteiger partial charge in [-0.25, -0.2) is 9.78 Å². The topological polar surface area (TPSA) is 90.5 Å². The SMILES string of the molecule is CCOc1cc(-c2nc3ccc(C(=O)OC)cc3[nH]2)ccc1OC(C)=O. The van der Waals surface area contributed by atoms with Crippen LogP contribution < -0.4 is 9.47 Å². The standard InChI is InChI=1S/C19H18N2O5/c1-4-25-17-10-12(6-8-16(17)26-11(2)22)18-20-14-7-5-13(19(23)24-3)9-15(14)21-18/h5-10H,4H2,1-3H3,(H,20,21). The number of aromatic amines is 1. The molecule has 134 valence electrons. The average molecular weight is 354 g/mol. The lowest BCUT2D eigenvalue weighted by Gasteiger charge is -2.10. The molecule has 1 aromatic heterocycles. The Bertz CT molecular complexity index is 977. The number of H-pyrrole nitrogens is 1. The van der Waals surface area contributed by atoms with Crippen molar-refractivity contribution in [3.63, 3.8) is 0 Å². The Morgan fingerprint density at radius 1 is 1.12 bits per heavy atom. The van der Waals surface area contributed by atoms with Crippen LogP contribution in [0.25, 0.3) is 22.4 Å². The van der Waals surface area contributed by atoms with Crippen molar-refractivity contribution in [3.05, 3.63) is 42.0 Å². The normalized spacial score (nSPS) is 10.6. The summed E-state index contributed by atoms with van der Waals surface area (Å²) < 4.78 is 15.4. The molecule has 26 heavy (non-hydrogen) atoms. The highest BCUT2D eigenvalue weighted by atomic mass is 16.6. The fourth-order valence-corrected chi connectivity index (χ4v) is 2.55. The van der Waals surface area contributed by atoms with E-state index in [0.29, 0.717) is 35.0 Å². The second-order valence-electron chi connectivity index (χ2n) is 5.50. The first-order chi connectivity index (χ1) is 12.5. The van der Waals surface area contributed by atoms with Gasteiger partial charge in [0.2, 0.25) is 0 Å². The third-order valence-corrected chi connectivity index (χ3v) is 3.67. The van der Waals surface area contributed by atoms with Gasteiger partial charge in [0, 0.05) is 12.5 Å². The Hall–Kier alpha value is -3.35. The fraction of sp³-hybridized carbons (Fsp3) is 0.211. The molecule has 0 radical (unpaired) electrons. The molecule has 0 aliphatic rings. The number of fused-ring (bicyclic) bond motifs is 1. The zero-order valence-electron chi connectivity index (χ0n) is 14.7. The van der Waals surface area contributed by atoms with Crippen LogP contribution in [0.15, 0.2) is 36.4 Å². The molecule has 0 saturated heterocycles. The van der Waals surface area contributed by atoms with Gasteiger partial charge in [0.15, 0.2) is 11.5 Å². The van der Waals surface area contributed by atoms with E-state index in [1.165, 1.54) is 14.0 Å². The van der Waals surface area contributed by atoms with Crippen molar-refractivity contribution in [3.8, 4) is 22.9 Å². The number of nitrogens with zero attached hydrogens (tertiary/aromatic N) is 1. The summed E-state index contributed by atoms with van der Waals surface area (Å²) in [5, 5.41) is 0. The van der Waals surface area contributed by atoms with Crippen molar-refractivity contribution in [2.24, 2.45) is 0 Å². The minimum absolute atomic E-state index is 0.354. The summed E-state index contributed by atoms with van der Waals surface area (Å²) in [5.41, 5.74) is 2.63. The van der Waals surface area contributed by atoms with E-state index >= 15 is 0 Å². The molecule has 0 amide bonds. The van der Waals surface area contributed by atoms with E-state index in [4.69, 9.17) is 14.2 Å². The minimum Gasteiger partial charge on any atom is -0.490 e. The van der Waals surface area contributed by atoms with Crippen LogP contribution in [0.5, 0.6) is 11.5 Å². The smallest absolute Gasteiger partial charge is 0.337 e. The van der Waals surface area contributed by atoms with E-state index in [2.05, 4.69) is 9.97 Å². The number of nitrogens with one attached hydrogen (secondary N) is 1. The number of ether oxygens (including phenoxy) is 3. The van der Waals surface area contributed by atoms with E-state index < -0.39 is 11.9 Å². The zero-order chi connectivity index (χ0) is 18.7. The summed E-state index contributed by atoms with van der Waals surface area (Å²) in [7, 11) is 1.34. The van der Waals surface area contributed by atoms with Crippen LogP contribution in [0, 0.1) is 0 Å². The third-order valence-electron chi connectivity index (χ3n) is 3.67. The molecule has 3 aromatic rings. The molecule has 0 bridgehead atoms. The molecule has 7 heteroatoms. The van der Waals surface area contributed by atoms with Gasteiger partial charge < -0.3 is 19.2 Å². The first-order valence-corrected chi connectivity index (χ1v) is 8.05. The monoisotopic (exact) mass is 354 g/mol. The number of aromatic nitrogens is 2. The number of hydrogen-bond donors (Lipinski definition) is 1. The van der Waals surface area contributed by atoms with Crippen molar-refractivity contribution >= 4 is 23.0 Å². The summed E-state index contributed by atoms with van der Waals surface area (Å²) in [6, 6.07) is 10.3. The van der Waals surface area contributed by atoms with Gasteiger partial charge in [-0.2, -0.15) is 0 Å². The van der Waals surface area contributed by atoms with Gasteiger partial charge in [0.25, 0.3) is 0 Å². The highest BCUT2D eigenvalue weighted by Crippen LogP contribution is 2.32. The van der Waals surface area contributed by atoms with Crippen LogP contribution in [0.2, 0.25) is 0 Å². The van der Waals surface area contributed by atoms with E-state index in [9.17, 15) is 9.59 Å². The zero-order valence-corrected chi connectivity index (χ0v) is 14.7. The predicted octanol–water partition coefficient (Wildman–Crippen LogP) is 3.34. The van der Waals surface area contributed by atoms with E-state index in [-0.39, 0.29) is 0 Å². The molecule has 1 heterocycles. The van der Waals surface area contributed by atoms with Gasteiger partial charge in [-0.15, -0.1) is 0 Å². The third kappa shape index (κ3) is 3.51. The largest absolute Gasteiger partial charge is 0.490 e. The maximum atomic E-state index is 11.7. The number of imidazole rings is 1. The number of carbonyl (C=O) groups excluding carboxylic acids is 2. The molecular formula is C19H18N2O5. The molecule has 0 unspecified atom stereocenters. The Labute approximate surface area is 149 Å². The van der Waals surface area contributed by atoms with Gasteiger partial charge in [-0.3, -0.25) is 4.79 Å². The molecule has 7 nitrogen and oxygen atoms in total. The molecule has 0 aliphatic heterocycles. The summed E-state index contributed by atoms with van der Waals surface area (Å²) in [5.74, 6) is 0.589. The first kappa shape index (κ1) is 17.5. The number of carbonyl (C=O) groups is 2. The summed E-state index contributed by atoms with van der Waals surface area (Å²) in [6.07, 6.45) is 0. The Morgan fingerprint density at radius 3 is 2.62 bits per heavy atom. The van der Waals surface area contributed by atoms with Crippen LogP contribution >= 0.6 is 0 Å². The van der Waals surface area contributed by atoms with Crippen LogP contribution in [0.3, 0.4) is 0 Å². The maximum Gasteiger partial charge on any atom is 0.337 e. The average Bonchev–Trinajstić information content (AvgIpc) is 3.05. The van der Waals surface area contributed by atoms with Crippen molar-refractivity contribution in [2.45, 2.75) is 13.8 Å². The molecule has 2 aromatic carbocycles. The summed E-state index contributed by atoms with van der Waals surface area (Å²) in [4.78, 5) is 30.6. The first-order valence-electron chi connectivity index (χ1n) is 8.05. The Balaban J connectivity index is 2.01. The summed E-state index contributed by atoms with van der Waals surface area (Å²) in [6.45, 7) is 3.61. The number of rotatable bonds is 5. The fourth-order valence-electron chi connectivity index (χ4n) is 2.55. The van der Waals surface area contributed by atoms with E-state index in [0.717, 1.165) is 11.1 Å². The molecule has 0 saturated carbocycles. The van der Waals surface area contributed by atoms with Gasteiger partial charge in [0.05, 0.1) is 30.3 Å². The highest BCUT2D eigenvalue weighted by Gasteiger charge is 2.13. The van der Waals surface area contributed by atoms with Crippen LogP contribution in [0.1, 0.15) is 24.2 Å². The lowest BCUT2D eigenvalue weighted by atomic mass is 10.2. The molecule has 0 spiro atoms. The Morgan fingerprint density at radius 2 is 1.92 bits per heavy atom. The Kier molecular flexibility index (Phi) is 4.88. The highest BCUT2D eigenvalue weighted by molar-refractivity contribution is 5.94. The van der Waals surface area contributed by atoms with Crippen LogP contribution in [-0.4, -0.2) is 35.6 Å². The molecular weight excluding hydrogens is 336 g/mol. The lowest BCUT2D eigenvalue weighted by molar-refractivity contribution is -0.132.